The van der Waals surface area contributed by atoms with Crippen LogP contribution in [-0.4, -0.2) is 34.3 Å². The molecule has 24 heavy (non-hydrogen) atoms. The lowest BCUT2D eigenvalue weighted by molar-refractivity contribution is 0.102. The third kappa shape index (κ3) is 3.49. The molecule has 7 heteroatoms. The fourth-order valence-electron chi connectivity index (χ4n) is 2.21. The molecular formula is C17H18ClNO5. The van der Waals surface area contributed by atoms with Gasteiger partial charge in [0.1, 0.15) is 11.5 Å². The van der Waals surface area contributed by atoms with Gasteiger partial charge >= 0.3 is 0 Å². The maximum absolute atomic E-state index is 12.6. The topological polar surface area (TPSA) is 66.0 Å². The molecule has 0 spiro atoms. The van der Waals surface area contributed by atoms with E-state index in [0.717, 1.165) is 0 Å². The number of rotatable bonds is 6. The zero-order chi connectivity index (χ0) is 17.7. The Morgan fingerprint density at radius 1 is 0.917 bits per heavy atom. The maximum Gasteiger partial charge on any atom is 0.259 e. The number of carbonyl (C=O) groups excluding carboxylic acids is 1. The van der Waals surface area contributed by atoms with Crippen molar-refractivity contribution in [2.45, 2.75) is 0 Å². The summed E-state index contributed by atoms with van der Waals surface area (Å²) in [7, 11) is 5.96. The van der Waals surface area contributed by atoms with Gasteiger partial charge in [0.15, 0.2) is 11.5 Å². The van der Waals surface area contributed by atoms with Gasteiger partial charge in [0.25, 0.3) is 5.91 Å². The van der Waals surface area contributed by atoms with Crippen molar-refractivity contribution in [3.8, 4) is 23.0 Å². The highest BCUT2D eigenvalue weighted by Crippen LogP contribution is 2.37. The SMILES string of the molecule is COc1cc(NC(=O)c2cccc(OC)c2OC)c(OC)cc1Cl. The quantitative estimate of drug-likeness (QED) is 0.860. The van der Waals surface area contributed by atoms with E-state index < -0.39 is 0 Å². The highest BCUT2D eigenvalue weighted by molar-refractivity contribution is 6.32. The van der Waals surface area contributed by atoms with Crippen molar-refractivity contribution in [3.05, 3.63) is 40.9 Å². The average molecular weight is 352 g/mol. The molecule has 128 valence electrons. The molecule has 0 heterocycles. The summed E-state index contributed by atoms with van der Waals surface area (Å²) in [4.78, 5) is 12.6. The van der Waals surface area contributed by atoms with E-state index in [1.165, 1.54) is 28.4 Å². The van der Waals surface area contributed by atoms with Crippen LogP contribution in [0.15, 0.2) is 30.3 Å². The van der Waals surface area contributed by atoms with Crippen LogP contribution >= 0.6 is 11.6 Å². The van der Waals surface area contributed by atoms with Gasteiger partial charge in [0.05, 0.1) is 44.7 Å². The van der Waals surface area contributed by atoms with Crippen LogP contribution in [0.3, 0.4) is 0 Å². The number of hydrogen-bond acceptors (Lipinski definition) is 5. The summed E-state index contributed by atoms with van der Waals surface area (Å²) < 4.78 is 20.9. The normalized spacial score (nSPS) is 10.0. The summed E-state index contributed by atoms with van der Waals surface area (Å²) in [5, 5.41) is 3.15. The highest BCUT2D eigenvalue weighted by atomic mass is 35.5. The van der Waals surface area contributed by atoms with Crippen molar-refractivity contribution >= 4 is 23.2 Å². The van der Waals surface area contributed by atoms with E-state index in [2.05, 4.69) is 5.32 Å². The second-order valence-electron chi connectivity index (χ2n) is 4.68. The van der Waals surface area contributed by atoms with Crippen molar-refractivity contribution in [3.63, 3.8) is 0 Å². The van der Waals surface area contributed by atoms with Crippen LogP contribution in [0.5, 0.6) is 23.0 Å². The predicted octanol–water partition coefficient (Wildman–Crippen LogP) is 3.63. The number of methoxy groups -OCH3 is 4. The number of ether oxygens (including phenoxy) is 4. The predicted molar refractivity (Wildman–Crippen MR) is 92.1 cm³/mol. The summed E-state index contributed by atoms with van der Waals surface area (Å²) in [6, 6.07) is 8.21. The van der Waals surface area contributed by atoms with Crippen LogP contribution in [0.2, 0.25) is 5.02 Å². The first-order valence-corrected chi connectivity index (χ1v) is 7.37. The number of carbonyl (C=O) groups is 1. The minimum Gasteiger partial charge on any atom is -0.495 e. The highest BCUT2D eigenvalue weighted by Gasteiger charge is 2.19. The molecule has 0 aliphatic carbocycles. The lowest BCUT2D eigenvalue weighted by Gasteiger charge is -2.15. The second-order valence-corrected chi connectivity index (χ2v) is 5.09. The Balaban J connectivity index is 2.40. The molecule has 0 radical (unpaired) electrons. The number of halogens is 1. The molecule has 1 N–H and O–H groups in total. The van der Waals surface area contributed by atoms with Gasteiger partial charge in [-0.1, -0.05) is 17.7 Å². The van der Waals surface area contributed by atoms with Crippen molar-refractivity contribution in [1.82, 2.24) is 0 Å². The van der Waals surface area contributed by atoms with Crippen molar-refractivity contribution in [2.24, 2.45) is 0 Å². The molecule has 0 saturated heterocycles. The van der Waals surface area contributed by atoms with Crippen molar-refractivity contribution < 1.29 is 23.7 Å². The molecule has 0 atom stereocenters. The van der Waals surface area contributed by atoms with E-state index in [4.69, 9.17) is 30.5 Å². The number of anilines is 1. The molecule has 0 aliphatic heterocycles. The van der Waals surface area contributed by atoms with Gasteiger partial charge in [-0.2, -0.15) is 0 Å². The Bertz CT molecular complexity index is 748. The Labute approximate surface area is 145 Å². The summed E-state index contributed by atoms with van der Waals surface area (Å²) in [6.45, 7) is 0. The zero-order valence-corrected chi connectivity index (χ0v) is 14.6. The largest absolute Gasteiger partial charge is 0.495 e. The lowest BCUT2D eigenvalue weighted by Crippen LogP contribution is -2.14. The monoisotopic (exact) mass is 351 g/mol. The number of hydrogen-bond donors (Lipinski definition) is 1. The standard InChI is InChI=1S/C17H18ClNO5/c1-21-13-7-5-6-10(16(13)24-4)17(20)19-12-9-14(22-2)11(18)8-15(12)23-3/h5-9H,1-4H3,(H,19,20). The second kappa shape index (κ2) is 7.79. The molecule has 0 saturated carbocycles. The minimum atomic E-state index is -0.381. The van der Waals surface area contributed by atoms with Gasteiger partial charge in [-0.15, -0.1) is 0 Å². The Morgan fingerprint density at radius 3 is 2.17 bits per heavy atom. The molecular weight excluding hydrogens is 334 g/mol. The number of nitrogens with one attached hydrogen (secondary N) is 1. The number of benzene rings is 2. The molecule has 0 aliphatic rings. The Morgan fingerprint density at radius 2 is 1.58 bits per heavy atom. The molecule has 2 aromatic rings. The third-order valence-electron chi connectivity index (χ3n) is 3.37. The Hall–Kier alpha value is -2.60. The van der Waals surface area contributed by atoms with Gasteiger partial charge < -0.3 is 24.3 Å². The van der Waals surface area contributed by atoms with E-state index in [-0.39, 0.29) is 5.91 Å². The van der Waals surface area contributed by atoms with Gasteiger partial charge in [0.2, 0.25) is 0 Å². The maximum atomic E-state index is 12.6. The molecule has 0 fully saturated rings. The zero-order valence-electron chi connectivity index (χ0n) is 13.8. The van der Waals surface area contributed by atoms with E-state index in [0.29, 0.717) is 39.3 Å². The summed E-state index contributed by atoms with van der Waals surface area (Å²) in [5.74, 6) is 1.26. The Kier molecular flexibility index (Phi) is 5.76. The van der Waals surface area contributed by atoms with Crippen LogP contribution in [-0.2, 0) is 0 Å². The smallest absolute Gasteiger partial charge is 0.259 e. The van der Waals surface area contributed by atoms with Crippen LogP contribution in [0, 0.1) is 0 Å². The van der Waals surface area contributed by atoms with Gasteiger partial charge in [0, 0.05) is 12.1 Å². The van der Waals surface area contributed by atoms with Crippen LogP contribution < -0.4 is 24.3 Å². The molecule has 0 unspecified atom stereocenters. The van der Waals surface area contributed by atoms with E-state index in [1.807, 2.05) is 0 Å². The number of amides is 1. The summed E-state index contributed by atoms with van der Waals surface area (Å²) in [6.07, 6.45) is 0. The molecule has 2 aromatic carbocycles. The number of para-hydroxylation sites is 1. The van der Waals surface area contributed by atoms with E-state index in [1.54, 1.807) is 30.3 Å². The first-order valence-electron chi connectivity index (χ1n) is 6.99. The first kappa shape index (κ1) is 17.7. The van der Waals surface area contributed by atoms with E-state index >= 15 is 0 Å². The van der Waals surface area contributed by atoms with Crippen LogP contribution in [0.25, 0.3) is 0 Å². The molecule has 1 amide bonds. The lowest BCUT2D eigenvalue weighted by atomic mass is 10.1. The molecule has 6 nitrogen and oxygen atoms in total. The first-order chi connectivity index (χ1) is 11.5. The van der Waals surface area contributed by atoms with Crippen LogP contribution in [0.1, 0.15) is 10.4 Å². The molecule has 0 aromatic heterocycles. The van der Waals surface area contributed by atoms with Crippen LogP contribution in [0.4, 0.5) is 5.69 Å². The van der Waals surface area contributed by atoms with Crippen molar-refractivity contribution in [1.29, 1.82) is 0 Å². The van der Waals surface area contributed by atoms with Gasteiger partial charge in [-0.05, 0) is 12.1 Å². The minimum absolute atomic E-state index is 0.327. The molecule has 2 rings (SSSR count). The van der Waals surface area contributed by atoms with Gasteiger partial charge in [-0.25, -0.2) is 0 Å². The summed E-state index contributed by atoms with van der Waals surface area (Å²) >= 11 is 6.07. The average Bonchev–Trinajstić information content (AvgIpc) is 2.61. The van der Waals surface area contributed by atoms with Crippen molar-refractivity contribution in [2.75, 3.05) is 33.8 Å². The molecule has 0 bridgehead atoms. The third-order valence-corrected chi connectivity index (χ3v) is 3.67. The summed E-state index contributed by atoms with van der Waals surface area (Å²) in [5.41, 5.74) is 0.751. The van der Waals surface area contributed by atoms with E-state index in [9.17, 15) is 4.79 Å². The van der Waals surface area contributed by atoms with Gasteiger partial charge in [-0.3, -0.25) is 4.79 Å². The fourth-order valence-corrected chi connectivity index (χ4v) is 2.44. The fraction of sp³-hybridized carbons (Fsp3) is 0.235.